The molecular weight excluding hydrogens is 334 g/mol. The molecule has 1 rings (SSSR count). The number of hydrogen-bond acceptors (Lipinski definition) is 5. The van der Waals surface area contributed by atoms with Gasteiger partial charge in [0.2, 0.25) is 11.8 Å². The lowest BCUT2D eigenvalue weighted by Crippen LogP contribution is -2.46. The first-order valence-electron chi connectivity index (χ1n) is 9.10. The van der Waals surface area contributed by atoms with Crippen molar-refractivity contribution < 1.29 is 19.1 Å². The molecule has 0 heterocycles. The van der Waals surface area contributed by atoms with E-state index >= 15 is 0 Å². The highest BCUT2D eigenvalue weighted by Gasteiger charge is 2.20. The molecule has 0 spiro atoms. The quantitative estimate of drug-likeness (QED) is 0.629. The highest BCUT2D eigenvalue weighted by atomic mass is 16.5. The molecule has 1 aromatic rings. The summed E-state index contributed by atoms with van der Waals surface area (Å²) in [6, 6.07) is 4.90. The first-order chi connectivity index (χ1) is 12.4. The minimum atomic E-state index is -0.383. The standard InChI is InChI=1S/C19H31N3O4/c1-6-11-20-19(24)14(4)22(5)13-18(23)21-15-9-10-16(25-7-2)17(12-15)26-8-3/h9-10,12,14H,6-8,11,13H2,1-5H3,(H,20,24)(H,21,23). The topological polar surface area (TPSA) is 79.9 Å². The Morgan fingerprint density at radius 1 is 1.12 bits per heavy atom. The van der Waals surface area contributed by atoms with Gasteiger partial charge in [0.05, 0.1) is 25.8 Å². The van der Waals surface area contributed by atoms with E-state index < -0.39 is 0 Å². The first-order valence-corrected chi connectivity index (χ1v) is 9.10. The number of nitrogens with zero attached hydrogens (tertiary/aromatic N) is 1. The van der Waals surface area contributed by atoms with E-state index in [1.165, 1.54) is 0 Å². The van der Waals surface area contributed by atoms with Gasteiger partial charge in [-0.05, 0) is 46.4 Å². The van der Waals surface area contributed by atoms with Crippen LogP contribution in [0.15, 0.2) is 18.2 Å². The van der Waals surface area contributed by atoms with E-state index in [-0.39, 0.29) is 24.4 Å². The Morgan fingerprint density at radius 2 is 1.77 bits per heavy atom. The summed E-state index contributed by atoms with van der Waals surface area (Å²) in [4.78, 5) is 26.0. The molecular formula is C19H31N3O4. The molecule has 146 valence electrons. The number of likely N-dealkylation sites (N-methyl/N-ethyl adjacent to an activating group) is 1. The summed E-state index contributed by atoms with van der Waals surface area (Å²) < 4.78 is 11.1. The summed E-state index contributed by atoms with van der Waals surface area (Å²) in [6.45, 7) is 9.35. The zero-order chi connectivity index (χ0) is 19.5. The van der Waals surface area contributed by atoms with Crippen molar-refractivity contribution in [3.63, 3.8) is 0 Å². The molecule has 0 saturated carbocycles. The lowest BCUT2D eigenvalue weighted by atomic mass is 10.2. The molecule has 7 heteroatoms. The van der Waals surface area contributed by atoms with Crippen molar-refractivity contribution in [1.29, 1.82) is 0 Å². The fourth-order valence-electron chi connectivity index (χ4n) is 2.29. The maximum absolute atomic E-state index is 12.3. The average molecular weight is 365 g/mol. The Balaban J connectivity index is 2.66. The maximum atomic E-state index is 12.3. The zero-order valence-corrected chi connectivity index (χ0v) is 16.4. The summed E-state index contributed by atoms with van der Waals surface area (Å²) in [5, 5.41) is 5.66. The molecule has 0 aliphatic heterocycles. The highest BCUT2D eigenvalue weighted by molar-refractivity contribution is 5.93. The van der Waals surface area contributed by atoms with Crippen LogP contribution in [0.3, 0.4) is 0 Å². The van der Waals surface area contributed by atoms with Gasteiger partial charge in [-0.2, -0.15) is 0 Å². The largest absolute Gasteiger partial charge is 0.490 e. The van der Waals surface area contributed by atoms with Crippen LogP contribution in [-0.2, 0) is 9.59 Å². The third-order valence-corrected chi connectivity index (χ3v) is 3.81. The minimum Gasteiger partial charge on any atom is -0.490 e. The molecule has 1 atom stereocenters. The number of anilines is 1. The van der Waals surface area contributed by atoms with Crippen molar-refractivity contribution in [2.24, 2.45) is 0 Å². The zero-order valence-electron chi connectivity index (χ0n) is 16.4. The number of rotatable bonds is 11. The highest BCUT2D eigenvalue weighted by Crippen LogP contribution is 2.30. The van der Waals surface area contributed by atoms with Crippen molar-refractivity contribution in [2.75, 3.05) is 38.7 Å². The van der Waals surface area contributed by atoms with Gasteiger partial charge < -0.3 is 20.1 Å². The molecule has 2 amide bonds. The summed E-state index contributed by atoms with van der Waals surface area (Å²) in [5.74, 6) is 0.953. The second-order valence-corrected chi connectivity index (χ2v) is 5.96. The molecule has 7 nitrogen and oxygen atoms in total. The predicted octanol–water partition coefficient (Wildman–Crippen LogP) is 2.27. The van der Waals surface area contributed by atoms with Gasteiger partial charge in [-0.15, -0.1) is 0 Å². The molecule has 1 aromatic carbocycles. The fraction of sp³-hybridized carbons (Fsp3) is 0.579. The Labute approximate surface area is 156 Å². The number of amides is 2. The molecule has 0 aliphatic carbocycles. The van der Waals surface area contributed by atoms with Gasteiger partial charge in [-0.1, -0.05) is 6.92 Å². The van der Waals surface area contributed by atoms with E-state index in [9.17, 15) is 9.59 Å². The number of carbonyl (C=O) groups excluding carboxylic acids is 2. The van der Waals surface area contributed by atoms with Crippen molar-refractivity contribution in [2.45, 2.75) is 40.2 Å². The molecule has 0 bridgehead atoms. The van der Waals surface area contributed by atoms with Crippen LogP contribution in [0.4, 0.5) is 5.69 Å². The van der Waals surface area contributed by atoms with Gasteiger partial charge in [0.15, 0.2) is 11.5 Å². The van der Waals surface area contributed by atoms with Gasteiger partial charge in [-0.3, -0.25) is 14.5 Å². The molecule has 0 saturated heterocycles. The molecule has 2 N–H and O–H groups in total. The van der Waals surface area contributed by atoms with Crippen LogP contribution in [0.2, 0.25) is 0 Å². The summed E-state index contributed by atoms with van der Waals surface area (Å²) in [6.07, 6.45) is 0.878. The van der Waals surface area contributed by atoms with Crippen molar-refractivity contribution in [3.05, 3.63) is 18.2 Å². The van der Waals surface area contributed by atoms with E-state index in [1.54, 1.807) is 37.1 Å². The molecule has 26 heavy (non-hydrogen) atoms. The van der Waals surface area contributed by atoms with Gasteiger partial charge in [0.25, 0.3) is 0 Å². The SMILES string of the molecule is CCCNC(=O)C(C)N(C)CC(=O)Nc1ccc(OCC)c(OCC)c1. The molecule has 0 aromatic heterocycles. The second kappa shape index (κ2) is 11.4. The smallest absolute Gasteiger partial charge is 0.238 e. The number of carbonyl (C=O) groups is 2. The lowest BCUT2D eigenvalue weighted by molar-refractivity contribution is -0.126. The molecule has 0 radical (unpaired) electrons. The van der Waals surface area contributed by atoms with Crippen LogP contribution in [0.1, 0.15) is 34.1 Å². The number of ether oxygens (including phenoxy) is 2. The van der Waals surface area contributed by atoms with Crippen LogP contribution < -0.4 is 20.1 Å². The minimum absolute atomic E-state index is 0.0816. The molecule has 0 fully saturated rings. The van der Waals surface area contributed by atoms with Crippen molar-refractivity contribution >= 4 is 17.5 Å². The molecule has 0 aliphatic rings. The van der Waals surface area contributed by atoms with Crippen LogP contribution in [0, 0.1) is 0 Å². The number of benzene rings is 1. The first kappa shape index (κ1) is 21.8. The van der Waals surface area contributed by atoms with Crippen molar-refractivity contribution in [3.8, 4) is 11.5 Å². The summed E-state index contributed by atoms with van der Waals surface area (Å²) >= 11 is 0. The van der Waals surface area contributed by atoms with Gasteiger partial charge in [0, 0.05) is 18.3 Å². The van der Waals surface area contributed by atoms with E-state index in [4.69, 9.17) is 9.47 Å². The average Bonchev–Trinajstić information content (AvgIpc) is 2.61. The Kier molecular flexibility index (Phi) is 9.51. The van der Waals surface area contributed by atoms with Crippen LogP contribution in [0.5, 0.6) is 11.5 Å². The Hall–Kier alpha value is -2.28. The number of nitrogens with one attached hydrogen (secondary N) is 2. The fourth-order valence-corrected chi connectivity index (χ4v) is 2.29. The van der Waals surface area contributed by atoms with Crippen LogP contribution in [0.25, 0.3) is 0 Å². The van der Waals surface area contributed by atoms with Gasteiger partial charge in [-0.25, -0.2) is 0 Å². The number of hydrogen-bond donors (Lipinski definition) is 2. The summed E-state index contributed by atoms with van der Waals surface area (Å²) in [7, 11) is 1.75. The Bertz CT molecular complexity index is 592. The lowest BCUT2D eigenvalue weighted by Gasteiger charge is -2.23. The normalized spacial score (nSPS) is 11.8. The monoisotopic (exact) mass is 365 g/mol. The second-order valence-electron chi connectivity index (χ2n) is 5.96. The van der Waals surface area contributed by atoms with E-state index in [2.05, 4.69) is 10.6 Å². The third kappa shape index (κ3) is 6.92. The predicted molar refractivity (Wildman–Crippen MR) is 103 cm³/mol. The van der Waals surface area contributed by atoms with Crippen LogP contribution in [-0.4, -0.2) is 56.1 Å². The van der Waals surface area contributed by atoms with Crippen molar-refractivity contribution in [1.82, 2.24) is 10.2 Å². The maximum Gasteiger partial charge on any atom is 0.238 e. The van der Waals surface area contributed by atoms with Crippen LogP contribution >= 0.6 is 0 Å². The Morgan fingerprint density at radius 3 is 2.38 bits per heavy atom. The van der Waals surface area contributed by atoms with E-state index in [0.29, 0.717) is 36.9 Å². The molecule has 1 unspecified atom stereocenters. The third-order valence-electron chi connectivity index (χ3n) is 3.81. The van der Waals surface area contributed by atoms with E-state index in [1.807, 2.05) is 20.8 Å². The van der Waals surface area contributed by atoms with Gasteiger partial charge >= 0.3 is 0 Å². The summed E-state index contributed by atoms with van der Waals surface area (Å²) in [5.41, 5.74) is 0.624. The van der Waals surface area contributed by atoms with E-state index in [0.717, 1.165) is 6.42 Å². The van der Waals surface area contributed by atoms with Gasteiger partial charge in [0.1, 0.15) is 0 Å².